The quantitative estimate of drug-likeness (QED) is 0.801. The van der Waals surface area contributed by atoms with Crippen molar-refractivity contribution in [1.82, 2.24) is 0 Å². The Morgan fingerprint density at radius 1 is 1.23 bits per heavy atom. The van der Waals surface area contributed by atoms with Crippen molar-refractivity contribution in [3.05, 3.63) is 63.1 Å². The molecule has 2 N–H and O–H groups in total. The lowest BCUT2D eigenvalue weighted by Crippen LogP contribution is -2.36. The number of rotatable bonds is 3. The number of anilines is 1. The molecule has 2 aromatic rings. The second-order valence-electron chi connectivity index (χ2n) is 5.11. The zero-order chi connectivity index (χ0) is 15.9. The lowest BCUT2D eigenvalue weighted by Gasteiger charge is -2.20. The van der Waals surface area contributed by atoms with E-state index >= 15 is 0 Å². The van der Waals surface area contributed by atoms with E-state index in [1.165, 1.54) is 0 Å². The van der Waals surface area contributed by atoms with Gasteiger partial charge in [0.1, 0.15) is 0 Å². The minimum atomic E-state index is -1.87. The van der Waals surface area contributed by atoms with Gasteiger partial charge < -0.3 is 10.4 Å². The van der Waals surface area contributed by atoms with Gasteiger partial charge in [0.15, 0.2) is 11.4 Å². The lowest BCUT2D eigenvalue weighted by molar-refractivity contribution is -0.133. The van der Waals surface area contributed by atoms with Crippen LogP contribution in [-0.2, 0) is 10.4 Å². The van der Waals surface area contributed by atoms with Crippen LogP contribution in [0.5, 0.6) is 0 Å². The third-order valence-electron chi connectivity index (χ3n) is 3.63. The van der Waals surface area contributed by atoms with Gasteiger partial charge in [-0.3, -0.25) is 9.59 Å². The Balaban J connectivity index is 1.94. The average molecular weight is 381 g/mol. The number of amides is 1. The first kappa shape index (κ1) is 15.2. The molecule has 0 spiro atoms. The van der Waals surface area contributed by atoms with E-state index in [2.05, 4.69) is 21.2 Å². The minimum absolute atomic E-state index is 0.329. The van der Waals surface area contributed by atoms with Crippen molar-refractivity contribution < 1.29 is 14.7 Å². The molecule has 0 unspecified atom stereocenters. The van der Waals surface area contributed by atoms with Crippen LogP contribution in [0.15, 0.2) is 46.9 Å². The van der Waals surface area contributed by atoms with E-state index in [0.717, 1.165) is 4.47 Å². The Labute approximate surface area is 140 Å². The largest absolute Gasteiger partial charge is 0.375 e. The molecule has 2 aromatic carbocycles. The molecule has 0 aromatic heterocycles. The number of hydrogen-bond donors (Lipinski definition) is 2. The summed E-state index contributed by atoms with van der Waals surface area (Å²) in [5.41, 5.74) is -0.557. The molecule has 1 aliphatic rings. The molecule has 1 atom stereocenters. The van der Waals surface area contributed by atoms with Crippen LogP contribution < -0.4 is 5.32 Å². The van der Waals surface area contributed by atoms with Crippen LogP contribution in [-0.4, -0.2) is 16.8 Å². The van der Waals surface area contributed by atoms with Gasteiger partial charge in [0.25, 0.3) is 5.91 Å². The molecule has 0 aliphatic carbocycles. The van der Waals surface area contributed by atoms with E-state index in [1.807, 2.05) is 0 Å². The summed E-state index contributed by atoms with van der Waals surface area (Å²) in [4.78, 5) is 24.5. The molecule has 0 saturated heterocycles. The Morgan fingerprint density at radius 2 is 1.91 bits per heavy atom. The fourth-order valence-electron chi connectivity index (χ4n) is 2.46. The number of carbonyl (C=O) groups excluding carboxylic acids is 2. The van der Waals surface area contributed by atoms with Crippen molar-refractivity contribution in [2.45, 2.75) is 12.0 Å². The van der Waals surface area contributed by atoms with Gasteiger partial charge in [-0.15, -0.1) is 0 Å². The van der Waals surface area contributed by atoms with Gasteiger partial charge >= 0.3 is 0 Å². The Morgan fingerprint density at radius 3 is 2.59 bits per heavy atom. The maximum atomic E-state index is 12.4. The first-order chi connectivity index (χ1) is 10.4. The predicted molar refractivity (Wildman–Crippen MR) is 87.1 cm³/mol. The van der Waals surface area contributed by atoms with Gasteiger partial charge in [-0.2, -0.15) is 0 Å². The number of halogens is 2. The molecule has 1 amide bonds. The smallest absolute Gasteiger partial charge is 0.261 e. The van der Waals surface area contributed by atoms with Crippen LogP contribution in [0.25, 0.3) is 0 Å². The molecular formula is C16H11BrClNO3. The highest BCUT2D eigenvalue weighted by Crippen LogP contribution is 2.40. The fourth-order valence-corrected chi connectivity index (χ4v) is 2.95. The second kappa shape index (κ2) is 5.50. The van der Waals surface area contributed by atoms with Gasteiger partial charge in [0.2, 0.25) is 0 Å². The number of carbonyl (C=O) groups is 2. The molecule has 3 rings (SSSR count). The molecule has 6 heteroatoms. The van der Waals surface area contributed by atoms with Gasteiger partial charge in [0.05, 0.1) is 6.42 Å². The maximum absolute atomic E-state index is 12.4. The van der Waals surface area contributed by atoms with Crippen LogP contribution in [0, 0.1) is 0 Å². The zero-order valence-electron chi connectivity index (χ0n) is 11.3. The molecule has 0 fully saturated rings. The summed E-state index contributed by atoms with van der Waals surface area (Å²) in [7, 11) is 0. The maximum Gasteiger partial charge on any atom is 0.261 e. The molecule has 0 saturated carbocycles. The van der Waals surface area contributed by atoms with Crippen LogP contribution in [0.4, 0.5) is 5.69 Å². The van der Waals surface area contributed by atoms with Crippen molar-refractivity contribution in [2.24, 2.45) is 0 Å². The number of fused-ring (bicyclic) bond motifs is 1. The van der Waals surface area contributed by atoms with Crippen LogP contribution in [0.3, 0.4) is 0 Å². The summed E-state index contributed by atoms with van der Waals surface area (Å²) in [5, 5.41) is 13.9. The van der Waals surface area contributed by atoms with E-state index in [0.29, 0.717) is 21.8 Å². The van der Waals surface area contributed by atoms with Gasteiger partial charge in [-0.25, -0.2) is 0 Å². The van der Waals surface area contributed by atoms with Crippen LogP contribution >= 0.6 is 27.5 Å². The molecule has 0 radical (unpaired) electrons. The normalized spacial score (nSPS) is 19.7. The fraction of sp³-hybridized carbons (Fsp3) is 0.125. The van der Waals surface area contributed by atoms with E-state index in [4.69, 9.17) is 11.6 Å². The predicted octanol–water partition coefficient (Wildman–Crippen LogP) is 3.52. The van der Waals surface area contributed by atoms with Gasteiger partial charge in [-0.05, 0) is 42.5 Å². The van der Waals surface area contributed by atoms with E-state index in [1.54, 1.807) is 42.5 Å². The molecule has 22 heavy (non-hydrogen) atoms. The Bertz CT molecular complexity index is 775. The van der Waals surface area contributed by atoms with Crippen molar-refractivity contribution in [1.29, 1.82) is 0 Å². The number of aliphatic hydroxyl groups is 1. The minimum Gasteiger partial charge on any atom is -0.375 e. The first-order valence-electron chi connectivity index (χ1n) is 6.53. The highest BCUT2D eigenvalue weighted by atomic mass is 79.9. The summed E-state index contributed by atoms with van der Waals surface area (Å²) < 4.78 is 0.722. The zero-order valence-corrected chi connectivity index (χ0v) is 13.6. The Hall–Kier alpha value is -1.69. The molecule has 1 aliphatic heterocycles. The van der Waals surface area contributed by atoms with Crippen molar-refractivity contribution in [2.75, 3.05) is 5.32 Å². The molecule has 1 heterocycles. The second-order valence-corrected chi connectivity index (χ2v) is 6.46. The van der Waals surface area contributed by atoms with Gasteiger partial charge in [-0.1, -0.05) is 27.5 Å². The number of ketones is 1. The topological polar surface area (TPSA) is 66.4 Å². The van der Waals surface area contributed by atoms with Crippen molar-refractivity contribution in [3.63, 3.8) is 0 Å². The summed E-state index contributed by atoms with van der Waals surface area (Å²) in [5.74, 6) is -0.926. The first-order valence-corrected chi connectivity index (χ1v) is 7.70. The van der Waals surface area contributed by atoms with Crippen LogP contribution in [0.2, 0.25) is 5.02 Å². The third kappa shape index (κ3) is 2.56. The highest BCUT2D eigenvalue weighted by molar-refractivity contribution is 9.10. The summed E-state index contributed by atoms with van der Waals surface area (Å²) in [6, 6.07) is 11.4. The lowest BCUT2D eigenvalue weighted by atomic mass is 9.88. The SMILES string of the molecule is O=C(C[C@]1(O)C(=O)Nc2ccc(Br)cc21)c1ccc(Cl)cc1. The van der Waals surface area contributed by atoms with E-state index < -0.39 is 11.5 Å². The monoisotopic (exact) mass is 379 g/mol. The molecular weight excluding hydrogens is 370 g/mol. The summed E-state index contributed by atoms with van der Waals surface area (Å²) >= 11 is 9.10. The molecule has 0 bridgehead atoms. The number of benzene rings is 2. The van der Waals surface area contributed by atoms with Crippen molar-refractivity contribution >= 4 is 44.9 Å². The van der Waals surface area contributed by atoms with E-state index in [-0.39, 0.29) is 12.2 Å². The number of hydrogen-bond acceptors (Lipinski definition) is 3. The van der Waals surface area contributed by atoms with Crippen LogP contribution in [0.1, 0.15) is 22.3 Å². The average Bonchev–Trinajstić information content (AvgIpc) is 2.71. The van der Waals surface area contributed by atoms with Gasteiger partial charge in [0, 0.05) is 26.3 Å². The van der Waals surface area contributed by atoms with Crippen molar-refractivity contribution in [3.8, 4) is 0 Å². The highest BCUT2D eigenvalue weighted by Gasteiger charge is 2.46. The molecule has 4 nitrogen and oxygen atoms in total. The Kier molecular flexibility index (Phi) is 3.80. The summed E-state index contributed by atoms with van der Waals surface area (Å²) in [6.45, 7) is 0. The standard InChI is InChI=1S/C16H11BrClNO3/c17-10-3-6-13-12(7-10)16(22,15(21)19-13)8-14(20)9-1-4-11(18)5-2-9/h1-7,22H,8H2,(H,19,21)/t16-/m1/s1. The molecule has 112 valence electrons. The summed E-state index contributed by atoms with van der Waals surface area (Å²) in [6.07, 6.45) is -0.329. The van der Waals surface area contributed by atoms with E-state index in [9.17, 15) is 14.7 Å². The number of Topliss-reactive ketones (excluding diaryl/α,β-unsaturated/α-hetero) is 1. The number of nitrogens with one attached hydrogen (secondary N) is 1. The third-order valence-corrected chi connectivity index (χ3v) is 4.38.